The van der Waals surface area contributed by atoms with Gasteiger partial charge in [-0.05, 0) is 24.5 Å². The molecule has 1 heteroatoms. The molecule has 0 saturated carbocycles. The smallest absolute Gasteiger partial charge is 0.122 e. The third-order valence-electron chi connectivity index (χ3n) is 1.62. The summed E-state index contributed by atoms with van der Waals surface area (Å²) in [5, 5.41) is 0. The molecule has 0 fully saturated rings. The Morgan fingerprint density at radius 3 is 1.88 bits per heavy atom. The minimum atomic E-state index is -0.153. The van der Waals surface area contributed by atoms with Crippen molar-refractivity contribution in [2.24, 2.45) is 5.92 Å². The van der Waals surface area contributed by atoms with E-state index in [0.717, 1.165) is 5.57 Å². The van der Waals surface area contributed by atoms with Crippen LogP contribution in [0.3, 0.4) is 0 Å². The number of hydrogen-bond acceptors (Lipinski definition) is 0. The Balaban J connectivity index is -0.000000289. The highest BCUT2D eigenvalue weighted by Crippen LogP contribution is 2.15. The van der Waals surface area contributed by atoms with Crippen LogP contribution in [0.4, 0.5) is 4.39 Å². The van der Waals surface area contributed by atoms with Gasteiger partial charge < -0.3 is 0 Å². The molecule has 0 aliphatic carbocycles. The van der Waals surface area contributed by atoms with Gasteiger partial charge in [0.2, 0.25) is 0 Å². The Bertz CT molecular complexity index is 197. The maximum atomic E-state index is 13.0. The van der Waals surface area contributed by atoms with Gasteiger partial charge >= 0.3 is 0 Å². The van der Waals surface area contributed by atoms with Gasteiger partial charge in [-0.15, -0.1) is 0 Å². The van der Waals surface area contributed by atoms with E-state index in [0.29, 0.717) is 0 Å². The predicted octanol–water partition coefficient (Wildman–Crippen LogP) is 6.07. The summed E-state index contributed by atoms with van der Waals surface area (Å²) in [6, 6.07) is 0. The summed E-state index contributed by atoms with van der Waals surface area (Å²) < 4.78 is 13.0. The summed E-state index contributed by atoms with van der Waals surface area (Å²) in [5.74, 6) is 0.115. The second kappa shape index (κ2) is 16.6. The molecule has 0 unspecified atom stereocenters. The summed E-state index contributed by atoms with van der Waals surface area (Å²) in [5.41, 5.74) is 0.781. The Hall–Kier alpha value is -0.850. The van der Waals surface area contributed by atoms with Crippen molar-refractivity contribution in [1.82, 2.24) is 0 Å². The highest BCUT2D eigenvalue weighted by molar-refractivity contribution is 5.21. The van der Waals surface area contributed by atoms with Crippen LogP contribution in [0.5, 0.6) is 0 Å². The lowest BCUT2D eigenvalue weighted by Crippen LogP contribution is -1.90. The van der Waals surface area contributed by atoms with E-state index >= 15 is 0 Å². The molecule has 0 aliphatic rings. The third-order valence-corrected chi connectivity index (χ3v) is 1.62. The molecule has 0 N–H and O–H groups in total. The molecule has 0 aromatic rings. The number of rotatable bonds is 3. The fourth-order valence-corrected chi connectivity index (χ4v) is 0.560. The van der Waals surface area contributed by atoms with Gasteiger partial charge in [0.25, 0.3) is 0 Å². The molecule has 0 aliphatic heterocycles. The molecule has 0 aromatic heterocycles. The molecule has 0 bridgehead atoms. The quantitative estimate of drug-likeness (QED) is 0.514. The molecule has 0 spiro atoms. The molecule has 0 radical (unpaired) electrons. The first-order chi connectivity index (χ1) is 7.51. The van der Waals surface area contributed by atoms with Gasteiger partial charge in [-0.3, -0.25) is 0 Å². The van der Waals surface area contributed by atoms with Crippen LogP contribution < -0.4 is 0 Å². The van der Waals surface area contributed by atoms with E-state index in [1.165, 1.54) is 12.5 Å². The lowest BCUT2D eigenvalue weighted by atomic mass is 10.0. The Labute approximate surface area is 102 Å². The highest BCUT2D eigenvalue weighted by atomic mass is 19.1. The second-order valence-electron chi connectivity index (χ2n) is 3.49. The van der Waals surface area contributed by atoms with Gasteiger partial charge in [0.1, 0.15) is 5.83 Å². The molecule has 0 amide bonds. The van der Waals surface area contributed by atoms with E-state index in [1.54, 1.807) is 19.1 Å². The van der Waals surface area contributed by atoms with E-state index in [4.69, 9.17) is 0 Å². The fourth-order valence-electron chi connectivity index (χ4n) is 0.560. The Morgan fingerprint density at radius 2 is 1.62 bits per heavy atom. The van der Waals surface area contributed by atoms with Crippen molar-refractivity contribution in [3.8, 4) is 0 Å². The zero-order valence-electron chi connectivity index (χ0n) is 12.1. The maximum absolute atomic E-state index is 13.0. The molecule has 0 saturated heterocycles. The van der Waals surface area contributed by atoms with Gasteiger partial charge in [-0.25, -0.2) is 4.39 Å². The van der Waals surface area contributed by atoms with E-state index in [9.17, 15) is 4.39 Å². The zero-order chi connectivity index (χ0) is 13.6. The van der Waals surface area contributed by atoms with Crippen LogP contribution in [-0.4, -0.2) is 0 Å². The molecule has 0 atom stereocenters. The fraction of sp³-hybridized carbons (Fsp3) is 0.600. The normalized spacial score (nSPS) is 11.1. The summed E-state index contributed by atoms with van der Waals surface area (Å²) in [4.78, 5) is 0. The topological polar surface area (TPSA) is 0 Å². The van der Waals surface area contributed by atoms with E-state index in [1.807, 2.05) is 27.7 Å². The van der Waals surface area contributed by atoms with E-state index < -0.39 is 0 Å². The Kier molecular flexibility index (Phi) is 21.3. The first-order valence-electron chi connectivity index (χ1n) is 6.16. The first-order valence-corrected chi connectivity index (χ1v) is 6.16. The van der Waals surface area contributed by atoms with Gasteiger partial charge in [-0.1, -0.05) is 66.7 Å². The average molecular weight is 228 g/mol. The molecule has 0 rings (SSSR count). The van der Waals surface area contributed by atoms with Crippen molar-refractivity contribution in [1.29, 1.82) is 0 Å². The van der Waals surface area contributed by atoms with Crippen molar-refractivity contribution in [2.45, 2.75) is 54.9 Å². The first kappa shape index (κ1) is 20.5. The van der Waals surface area contributed by atoms with Gasteiger partial charge in [-0.2, -0.15) is 0 Å². The summed E-state index contributed by atoms with van der Waals surface area (Å²) in [6.07, 6.45) is 5.84. The number of allylic oxidation sites excluding steroid dienone is 5. The largest absolute Gasteiger partial charge is 0.207 e. The van der Waals surface area contributed by atoms with Crippen LogP contribution in [0, 0.1) is 5.92 Å². The maximum Gasteiger partial charge on any atom is 0.122 e. The number of halogens is 1. The zero-order valence-corrected chi connectivity index (χ0v) is 12.1. The van der Waals surface area contributed by atoms with Gasteiger partial charge in [0.15, 0.2) is 0 Å². The second-order valence-corrected chi connectivity index (χ2v) is 3.49. The third kappa shape index (κ3) is 15.6. The summed E-state index contributed by atoms with van der Waals surface area (Å²) in [6.45, 7) is 17.4. The van der Waals surface area contributed by atoms with Gasteiger partial charge in [0, 0.05) is 0 Å². The van der Waals surface area contributed by atoms with Crippen LogP contribution in [0.1, 0.15) is 54.9 Å². The van der Waals surface area contributed by atoms with Crippen LogP contribution >= 0.6 is 0 Å². The van der Waals surface area contributed by atoms with Gasteiger partial charge in [0.05, 0.1) is 0 Å². The molecule has 0 heterocycles. The molecular formula is C15H29F. The molecule has 0 aromatic carbocycles. The lowest BCUT2D eigenvalue weighted by molar-refractivity contribution is 0.619. The average Bonchev–Trinajstić information content (AvgIpc) is 2.28. The minimum Gasteiger partial charge on any atom is -0.207 e. The molecule has 16 heavy (non-hydrogen) atoms. The highest BCUT2D eigenvalue weighted by Gasteiger charge is 2.01. The molecule has 96 valence electrons. The van der Waals surface area contributed by atoms with E-state index in [2.05, 4.69) is 20.4 Å². The lowest BCUT2D eigenvalue weighted by Gasteiger charge is -2.03. The van der Waals surface area contributed by atoms with E-state index in [-0.39, 0.29) is 11.7 Å². The standard InChI is InChI=1S/C10H15F.C3H8.C2H6/c1-5-6-7-10(11)9(4)8(2)3;1-3-2;1-2/h5-8H,1H2,2-4H3;3H2,1-2H3;1-2H3/b7-6-,10-9-;;. The van der Waals surface area contributed by atoms with Crippen molar-refractivity contribution in [3.63, 3.8) is 0 Å². The van der Waals surface area contributed by atoms with Crippen molar-refractivity contribution >= 4 is 0 Å². The molecule has 0 nitrogen and oxygen atoms in total. The predicted molar refractivity (Wildman–Crippen MR) is 75.3 cm³/mol. The van der Waals surface area contributed by atoms with Crippen LogP contribution in [-0.2, 0) is 0 Å². The SMILES string of the molecule is C=C/C=C\C(F)=C(/C)C(C)C.CC.CCC. The molecular weight excluding hydrogens is 199 g/mol. The minimum absolute atomic E-state index is 0.153. The van der Waals surface area contributed by atoms with Crippen LogP contribution in [0.25, 0.3) is 0 Å². The van der Waals surface area contributed by atoms with Crippen LogP contribution in [0.15, 0.2) is 36.2 Å². The Morgan fingerprint density at radius 1 is 1.25 bits per heavy atom. The van der Waals surface area contributed by atoms with Crippen LogP contribution in [0.2, 0.25) is 0 Å². The summed E-state index contributed by atoms with van der Waals surface area (Å²) >= 11 is 0. The van der Waals surface area contributed by atoms with Crippen molar-refractivity contribution < 1.29 is 4.39 Å². The van der Waals surface area contributed by atoms with Crippen molar-refractivity contribution in [3.05, 3.63) is 36.2 Å². The number of hydrogen-bond donors (Lipinski definition) is 0. The van der Waals surface area contributed by atoms with Crippen molar-refractivity contribution in [2.75, 3.05) is 0 Å². The monoisotopic (exact) mass is 228 g/mol. The summed E-state index contributed by atoms with van der Waals surface area (Å²) in [7, 11) is 0.